The van der Waals surface area contributed by atoms with Crippen molar-refractivity contribution in [2.75, 3.05) is 19.8 Å². The highest BCUT2D eigenvalue weighted by Crippen LogP contribution is 1.98. The van der Waals surface area contributed by atoms with Crippen LogP contribution in [0.5, 0.6) is 0 Å². The van der Waals surface area contributed by atoms with Crippen LogP contribution in [0, 0.1) is 0 Å². The smallest absolute Gasteiger partial charge is 0.266 e. The molecule has 0 heterocycles. The van der Waals surface area contributed by atoms with E-state index >= 15 is 0 Å². The average Bonchev–Trinajstić information content (AvgIpc) is 1.80. The van der Waals surface area contributed by atoms with Gasteiger partial charge in [0.1, 0.15) is 0 Å². The molecule has 1 unspecified atom stereocenters. The Morgan fingerprint density at radius 2 is 2.00 bits per heavy atom. The van der Waals surface area contributed by atoms with Gasteiger partial charge in [-0.25, -0.2) is 0 Å². The summed E-state index contributed by atoms with van der Waals surface area (Å²) < 4.78 is 29.2. The molecular weight excluding hydrogens is 202 g/mol. The molecule has 0 amide bonds. The third-order valence-electron chi connectivity index (χ3n) is 1.32. The first-order chi connectivity index (χ1) is 4.87. The van der Waals surface area contributed by atoms with Gasteiger partial charge in [0.05, 0.1) is 5.75 Å². The average molecular weight is 216 g/mol. The standard InChI is InChI=1S/C6H13NO3S.ClH/c1-4-6(7(2)3)5-11(8,9)10;/h4,6H,1,5H2,2-3H3,(H,8,9,10);1H. The van der Waals surface area contributed by atoms with Gasteiger partial charge >= 0.3 is 0 Å². The van der Waals surface area contributed by atoms with Gasteiger partial charge in [-0.3, -0.25) is 4.55 Å². The van der Waals surface area contributed by atoms with Crippen LogP contribution in [0.4, 0.5) is 0 Å². The summed E-state index contributed by atoms with van der Waals surface area (Å²) in [5.74, 6) is -0.302. The molecule has 74 valence electrons. The predicted molar refractivity (Wildman–Crippen MR) is 51.3 cm³/mol. The molecule has 0 aromatic rings. The molecule has 4 nitrogen and oxygen atoms in total. The van der Waals surface area contributed by atoms with Gasteiger partial charge in [-0.2, -0.15) is 8.42 Å². The van der Waals surface area contributed by atoms with Crippen molar-refractivity contribution in [1.82, 2.24) is 4.90 Å². The normalized spacial score (nSPS) is 13.7. The summed E-state index contributed by atoms with van der Waals surface area (Å²) in [5.41, 5.74) is 0. The first-order valence-electron chi connectivity index (χ1n) is 3.11. The fraction of sp³-hybridized carbons (Fsp3) is 0.667. The third kappa shape index (κ3) is 6.60. The van der Waals surface area contributed by atoms with Crippen molar-refractivity contribution in [2.24, 2.45) is 0 Å². The Bertz CT molecular complexity index is 225. The van der Waals surface area contributed by atoms with Crippen molar-refractivity contribution in [3.8, 4) is 0 Å². The molecule has 1 atom stereocenters. The molecule has 0 saturated carbocycles. The summed E-state index contributed by atoms with van der Waals surface area (Å²) in [4.78, 5) is 1.67. The number of hydrogen-bond donors (Lipinski definition) is 1. The molecule has 0 aliphatic heterocycles. The fourth-order valence-corrected chi connectivity index (χ4v) is 1.51. The lowest BCUT2D eigenvalue weighted by molar-refractivity contribution is 0.357. The SMILES string of the molecule is C=CC(CS(=O)(=O)O)N(C)C.Cl. The first-order valence-corrected chi connectivity index (χ1v) is 4.72. The zero-order valence-electron chi connectivity index (χ0n) is 7.10. The minimum atomic E-state index is -3.89. The zero-order valence-corrected chi connectivity index (χ0v) is 8.73. The second kappa shape index (κ2) is 5.53. The summed E-state index contributed by atoms with van der Waals surface area (Å²) in [6.07, 6.45) is 1.48. The van der Waals surface area contributed by atoms with E-state index in [9.17, 15) is 8.42 Å². The van der Waals surface area contributed by atoms with Crippen LogP contribution in [0.25, 0.3) is 0 Å². The second-order valence-corrected chi connectivity index (χ2v) is 4.01. The molecule has 0 bridgehead atoms. The minimum Gasteiger partial charge on any atom is -0.302 e. The molecule has 0 fully saturated rings. The van der Waals surface area contributed by atoms with Crippen molar-refractivity contribution in [2.45, 2.75) is 6.04 Å². The Balaban J connectivity index is 0. The van der Waals surface area contributed by atoms with Crippen LogP contribution >= 0.6 is 12.4 Å². The summed E-state index contributed by atoms with van der Waals surface area (Å²) >= 11 is 0. The topological polar surface area (TPSA) is 57.6 Å². The molecule has 0 aromatic heterocycles. The van der Waals surface area contributed by atoms with Gasteiger partial charge in [0.2, 0.25) is 0 Å². The van der Waals surface area contributed by atoms with Crippen LogP contribution in [0.3, 0.4) is 0 Å². The number of nitrogens with zero attached hydrogens (tertiary/aromatic N) is 1. The summed E-state index contributed by atoms with van der Waals surface area (Å²) in [5, 5.41) is 0. The Morgan fingerprint density at radius 3 is 2.08 bits per heavy atom. The predicted octanol–water partition coefficient (Wildman–Crippen LogP) is 0.412. The van der Waals surface area contributed by atoms with Gasteiger partial charge in [0.25, 0.3) is 10.1 Å². The second-order valence-electron chi connectivity index (χ2n) is 2.52. The molecule has 12 heavy (non-hydrogen) atoms. The minimum absolute atomic E-state index is 0. The van der Waals surface area contributed by atoms with E-state index in [-0.39, 0.29) is 24.2 Å². The number of likely N-dealkylation sites (N-methyl/N-ethyl adjacent to an activating group) is 1. The van der Waals surface area contributed by atoms with Gasteiger partial charge in [-0.15, -0.1) is 19.0 Å². The van der Waals surface area contributed by atoms with E-state index in [1.807, 2.05) is 0 Å². The lowest BCUT2D eigenvalue weighted by atomic mass is 10.3. The van der Waals surface area contributed by atoms with Crippen LogP contribution in [0.2, 0.25) is 0 Å². The van der Waals surface area contributed by atoms with E-state index in [0.29, 0.717) is 0 Å². The Hall–Kier alpha value is -0.100. The van der Waals surface area contributed by atoms with Gasteiger partial charge in [0, 0.05) is 6.04 Å². The molecule has 6 heteroatoms. The van der Waals surface area contributed by atoms with Gasteiger partial charge < -0.3 is 4.90 Å². The highest BCUT2D eigenvalue weighted by molar-refractivity contribution is 7.85. The van der Waals surface area contributed by atoms with Crippen LogP contribution in [0.15, 0.2) is 12.7 Å². The summed E-state index contributed by atoms with van der Waals surface area (Å²) in [7, 11) is -0.454. The lowest BCUT2D eigenvalue weighted by Crippen LogP contribution is -2.32. The van der Waals surface area contributed by atoms with Crippen molar-refractivity contribution in [1.29, 1.82) is 0 Å². The molecule has 0 aliphatic rings. The van der Waals surface area contributed by atoms with E-state index < -0.39 is 10.1 Å². The maximum absolute atomic E-state index is 10.4. The van der Waals surface area contributed by atoms with Crippen molar-refractivity contribution >= 4 is 22.5 Å². The molecule has 0 radical (unpaired) electrons. The van der Waals surface area contributed by atoms with E-state index in [4.69, 9.17) is 4.55 Å². The van der Waals surface area contributed by atoms with E-state index in [0.717, 1.165) is 0 Å². The largest absolute Gasteiger partial charge is 0.302 e. The Kier molecular flexibility index (Phi) is 6.65. The maximum atomic E-state index is 10.4. The third-order valence-corrected chi connectivity index (χ3v) is 2.08. The monoisotopic (exact) mass is 215 g/mol. The highest BCUT2D eigenvalue weighted by Gasteiger charge is 2.14. The van der Waals surface area contributed by atoms with Crippen LogP contribution in [-0.2, 0) is 10.1 Å². The van der Waals surface area contributed by atoms with Crippen LogP contribution in [-0.4, -0.2) is 43.8 Å². The maximum Gasteiger partial charge on any atom is 0.266 e. The number of hydrogen-bond acceptors (Lipinski definition) is 3. The fourth-order valence-electron chi connectivity index (χ4n) is 0.644. The van der Waals surface area contributed by atoms with Gasteiger partial charge in [-0.1, -0.05) is 6.08 Å². The van der Waals surface area contributed by atoms with Gasteiger partial charge in [-0.05, 0) is 14.1 Å². The Morgan fingerprint density at radius 1 is 1.58 bits per heavy atom. The molecular formula is C6H14ClNO3S. The quantitative estimate of drug-likeness (QED) is 0.545. The molecule has 0 rings (SSSR count). The molecule has 0 aliphatic carbocycles. The Labute approximate surface area is 79.4 Å². The summed E-state index contributed by atoms with van der Waals surface area (Å²) in [6, 6.07) is -0.329. The molecule has 0 spiro atoms. The number of halogens is 1. The van der Waals surface area contributed by atoms with Crippen molar-refractivity contribution in [3.63, 3.8) is 0 Å². The molecule has 0 aromatic carbocycles. The van der Waals surface area contributed by atoms with E-state index in [2.05, 4.69) is 6.58 Å². The van der Waals surface area contributed by atoms with Crippen LogP contribution < -0.4 is 0 Å². The van der Waals surface area contributed by atoms with E-state index in [1.165, 1.54) is 6.08 Å². The number of rotatable bonds is 4. The van der Waals surface area contributed by atoms with Crippen LogP contribution in [0.1, 0.15) is 0 Å². The van der Waals surface area contributed by atoms with Gasteiger partial charge in [0.15, 0.2) is 0 Å². The van der Waals surface area contributed by atoms with Crippen molar-refractivity contribution < 1.29 is 13.0 Å². The van der Waals surface area contributed by atoms with Crippen molar-refractivity contribution in [3.05, 3.63) is 12.7 Å². The summed E-state index contributed by atoms with van der Waals surface area (Å²) in [6.45, 7) is 3.45. The van der Waals surface area contributed by atoms with E-state index in [1.54, 1.807) is 19.0 Å². The highest BCUT2D eigenvalue weighted by atomic mass is 35.5. The lowest BCUT2D eigenvalue weighted by Gasteiger charge is -2.18. The zero-order chi connectivity index (χ0) is 9.07. The first kappa shape index (κ1) is 14.4. The molecule has 0 saturated heterocycles. The molecule has 1 N–H and O–H groups in total.